The van der Waals surface area contributed by atoms with Crippen LogP contribution in [0.1, 0.15) is 41.5 Å². The summed E-state index contributed by atoms with van der Waals surface area (Å²) in [6.45, 7) is 2.47. The second-order valence-electron chi connectivity index (χ2n) is 8.21. The summed E-state index contributed by atoms with van der Waals surface area (Å²) < 4.78 is 24.1. The molecule has 1 atom stereocenters. The summed E-state index contributed by atoms with van der Waals surface area (Å²) in [5, 5.41) is 4.08. The van der Waals surface area contributed by atoms with E-state index in [4.69, 9.17) is 9.47 Å². The van der Waals surface area contributed by atoms with Crippen LogP contribution in [-0.2, 0) is 17.8 Å². The Balaban J connectivity index is 1.67. The molecule has 1 heterocycles. The van der Waals surface area contributed by atoms with Gasteiger partial charge in [-0.05, 0) is 52.9 Å². The number of nitrogens with one attached hydrogen (secondary N) is 2. The molecule has 3 aromatic carbocycles. The Morgan fingerprint density at radius 1 is 1.03 bits per heavy atom. The van der Waals surface area contributed by atoms with Gasteiger partial charge in [0.25, 0.3) is 0 Å². The lowest BCUT2D eigenvalue weighted by Gasteiger charge is -2.19. The maximum Gasteiger partial charge on any atom is 0.221 e. The highest BCUT2D eigenvalue weighted by Gasteiger charge is 2.23. The van der Waals surface area contributed by atoms with E-state index in [9.17, 15) is 9.18 Å². The largest absolute Gasteiger partial charge is 0.493 e. The number of rotatable bonds is 9. The molecule has 4 rings (SSSR count). The van der Waals surface area contributed by atoms with E-state index < -0.39 is 0 Å². The number of fused-ring (bicyclic) bond motifs is 1. The molecule has 176 valence electrons. The molecule has 0 saturated carbocycles. The first-order valence-corrected chi connectivity index (χ1v) is 11.4. The quantitative estimate of drug-likeness (QED) is 0.336. The minimum absolute atomic E-state index is 0.0925. The molecule has 1 aromatic heterocycles. The van der Waals surface area contributed by atoms with Gasteiger partial charge in [0, 0.05) is 36.0 Å². The van der Waals surface area contributed by atoms with Crippen molar-refractivity contribution in [2.24, 2.45) is 0 Å². The average molecular weight is 461 g/mol. The normalized spacial score (nSPS) is 11.9. The molecule has 0 aliphatic rings. The van der Waals surface area contributed by atoms with Gasteiger partial charge >= 0.3 is 0 Å². The molecule has 6 heteroatoms. The van der Waals surface area contributed by atoms with Crippen LogP contribution >= 0.6 is 0 Å². The van der Waals surface area contributed by atoms with Gasteiger partial charge in [-0.15, -0.1) is 0 Å². The molecule has 0 saturated heterocycles. The maximum absolute atomic E-state index is 13.2. The molecular formula is C28H29FN2O3. The molecule has 0 spiro atoms. The van der Waals surface area contributed by atoms with Crippen molar-refractivity contribution in [1.29, 1.82) is 0 Å². The predicted molar refractivity (Wildman–Crippen MR) is 132 cm³/mol. The van der Waals surface area contributed by atoms with Gasteiger partial charge in [0.15, 0.2) is 11.5 Å². The van der Waals surface area contributed by atoms with Crippen molar-refractivity contribution in [2.45, 2.75) is 32.2 Å². The molecule has 4 aromatic rings. The second kappa shape index (κ2) is 10.4. The van der Waals surface area contributed by atoms with Crippen LogP contribution in [0, 0.1) is 5.82 Å². The monoisotopic (exact) mass is 460 g/mol. The maximum atomic E-state index is 13.2. The molecule has 0 aliphatic carbocycles. The van der Waals surface area contributed by atoms with E-state index in [1.807, 2.05) is 24.4 Å². The Kier molecular flexibility index (Phi) is 7.16. The number of para-hydroxylation sites is 1. The number of amides is 1. The van der Waals surface area contributed by atoms with Crippen molar-refractivity contribution < 1.29 is 18.7 Å². The second-order valence-corrected chi connectivity index (χ2v) is 8.21. The van der Waals surface area contributed by atoms with Crippen LogP contribution in [0.2, 0.25) is 0 Å². The summed E-state index contributed by atoms with van der Waals surface area (Å²) >= 11 is 0. The van der Waals surface area contributed by atoms with Crippen molar-refractivity contribution in [3.63, 3.8) is 0 Å². The molecule has 5 nitrogen and oxygen atoms in total. The topological polar surface area (TPSA) is 63.4 Å². The minimum Gasteiger partial charge on any atom is -0.493 e. The van der Waals surface area contributed by atoms with E-state index in [2.05, 4.69) is 35.4 Å². The number of halogens is 1. The molecule has 0 radical (unpaired) electrons. The summed E-state index contributed by atoms with van der Waals surface area (Å²) in [5.41, 5.74) is 5.18. The van der Waals surface area contributed by atoms with Crippen LogP contribution in [0.5, 0.6) is 11.5 Å². The molecule has 0 fully saturated rings. The van der Waals surface area contributed by atoms with Crippen molar-refractivity contribution in [2.75, 3.05) is 14.2 Å². The molecule has 1 unspecified atom stereocenters. The van der Waals surface area contributed by atoms with E-state index in [0.717, 1.165) is 34.0 Å². The van der Waals surface area contributed by atoms with Gasteiger partial charge in [-0.3, -0.25) is 4.79 Å². The van der Waals surface area contributed by atoms with Crippen LogP contribution in [-0.4, -0.2) is 25.1 Å². The van der Waals surface area contributed by atoms with Gasteiger partial charge in [-0.1, -0.05) is 43.3 Å². The third kappa shape index (κ3) is 4.91. The van der Waals surface area contributed by atoms with Crippen molar-refractivity contribution >= 4 is 16.8 Å². The summed E-state index contributed by atoms with van der Waals surface area (Å²) in [6.07, 6.45) is 3.16. The number of hydrogen-bond acceptors (Lipinski definition) is 3. The van der Waals surface area contributed by atoms with E-state index in [0.29, 0.717) is 18.0 Å². The predicted octanol–water partition coefficient (Wildman–Crippen LogP) is 5.73. The Labute approximate surface area is 198 Å². The van der Waals surface area contributed by atoms with Gasteiger partial charge in [0.05, 0.1) is 14.2 Å². The third-order valence-corrected chi connectivity index (χ3v) is 6.19. The number of H-pyrrole nitrogens is 1. The number of aromatic amines is 1. The Morgan fingerprint density at radius 2 is 1.79 bits per heavy atom. The van der Waals surface area contributed by atoms with E-state index in [1.165, 1.54) is 17.7 Å². The van der Waals surface area contributed by atoms with Crippen molar-refractivity contribution in [1.82, 2.24) is 10.3 Å². The average Bonchev–Trinajstić information content (AvgIpc) is 3.30. The smallest absolute Gasteiger partial charge is 0.221 e. The van der Waals surface area contributed by atoms with Crippen molar-refractivity contribution in [3.05, 3.63) is 94.9 Å². The highest BCUT2D eigenvalue weighted by atomic mass is 19.1. The van der Waals surface area contributed by atoms with Gasteiger partial charge in [0.2, 0.25) is 5.91 Å². The number of aryl methyl sites for hydroxylation is 1. The van der Waals surface area contributed by atoms with Crippen LogP contribution in [0.15, 0.2) is 66.9 Å². The fourth-order valence-electron chi connectivity index (χ4n) is 4.36. The molecular weight excluding hydrogens is 431 g/mol. The number of aromatic nitrogens is 1. The van der Waals surface area contributed by atoms with E-state index in [1.54, 1.807) is 26.4 Å². The fraction of sp³-hybridized carbons (Fsp3) is 0.250. The summed E-state index contributed by atoms with van der Waals surface area (Å²) in [4.78, 5) is 16.5. The van der Waals surface area contributed by atoms with Gasteiger partial charge in [0.1, 0.15) is 5.82 Å². The standard InChI is InChI=1S/C28H29FN2O3/c1-4-19-6-5-7-22-24(17-31-28(19)22)23(20-10-13-25(33-2)26(14-20)34-3)15-27(32)30-16-18-8-11-21(29)12-9-18/h5-14,17,23,31H,4,15-16H2,1-3H3,(H,30,32). The van der Waals surface area contributed by atoms with Crippen LogP contribution in [0.3, 0.4) is 0 Å². The third-order valence-electron chi connectivity index (χ3n) is 6.19. The number of methoxy groups -OCH3 is 2. The first-order chi connectivity index (χ1) is 16.5. The zero-order valence-electron chi connectivity index (χ0n) is 19.7. The summed E-state index contributed by atoms with van der Waals surface area (Å²) in [6, 6.07) is 18.2. The lowest BCUT2D eigenvalue weighted by molar-refractivity contribution is -0.121. The lowest BCUT2D eigenvalue weighted by atomic mass is 9.87. The number of ether oxygens (including phenoxy) is 2. The zero-order chi connectivity index (χ0) is 24.1. The lowest BCUT2D eigenvalue weighted by Crippen LogP contribution is -2.25. The molecule has 2 N–H and O–H groups in total. The van der Waals surface area contributed by atoms with Gasteiger partial charge in [-0.25, -0.2) is 4.39 Å². The first-order valence-electron chi connectivity index (χ1n) is 11.4. The number of carbonyl (C=O) groups excluding carboxylic acids is 1. The van der Waals surface area contributed by atoms with E-state index in [-0.39, 0.29) is 24.1 Å². The van der Waals surface area contributed by atoms with Crippen molar-refractivity contribution in [3.8, 4) is 11.5 Å². The van der Waals surface area contributed by atoms with Crippen LogP contribution < -0.4 is 14.8 Å². The van der Waals surface area contributed by atoms with Crippen LogP contribution in [0.25, 0.3) is 10.9 Å². The summed E-state index contributed by atoms with van der Waals surface area (Å²) in [5.74, 6) is 0.664. The SMILES string of the molecule is CCc1cccc2c(C(CC(=O)NCc3ccc(F)cc3)c3ccc(OC)c(OC)c3)c[nH]c12. The summed E-state index contributed by atoms with van der Waals surface area (Å²) in [7, 11) is 3.20. The highest BCUT2D eigenvalue weighted by Crippen LogP contribution is 2.38. The van der Waals surface area contributed by atoms with Gasteiger partial charge in [-0.2, -0.15) is 0 Å². The Morgan fingerprint density at radius 3 is 2.50 bits per heavy atom. The number of carbonyl (C=O) groups is 1. The first kappa shape index (κ1) is 23.4. The fourth-order valence-corrected chi connectivity index (χ4v) is 4.36. The Hall–Kier alpha value is -3.80. The number of benzene rings is 3. The molecule has 34 heavy (non-hydrogen) atoms. The molecule has 0 aliphatic heterocycles. The number of hydrogen-bond donors (Lipinski definition) is 2. The van der Waals surface area contributed by atoms with Gasteiger partial charge < -0.3 is 19.8 Å². The van der Waals surface area contributed by atoms with E-state index >= 15 is 0 Å². The molecule has 0 bridgehead atoms. The van der Waals surface area contributed by atoms with Crippen LogP contribution in [0.4, 0.5) is 4.39 Å². The molecule has 1 amide bonds. The zero-order valence-corrected chi connectivity index (χ0v) is 19.7. The minimum atomic E-state index is -0.297. The highest BCUT2D eigenvalue weighted by molar-refractivity contribution is 5.88. The Bertz CT molecular complexity index is 1280.